The molecule has 2 heterocycles. The van der Waals surface area contributed by atoms with Gasteiger partial charge in [0, 0.05) is 30.0 Å². The molecule has 3 rings (SSSR count). The number of ether oxygens (including phenoxy) is 2. The van der Waals surface area contributed by atoms with Gasteiger partial charge in [0.05, 0.1) is 0 Å². The number of anilines is 1. The molecule has 4 nitrogen and oxygen atoms in total. The van der Waals surface area contributed by atoms with Crippen LogP contribution in [-0.2, 0) is 0 Å². The summed E-state index contributed by atoms with van der Waals surface area (Å²) in [4.78, 5) is 6.62. The van der Waals surface area contributed by atoms with Gasteiger partial charge in [-0.25, -0.2) is 4.98 Å². The summed E-state index contributed by atoms with van der Waals surface area (Å²) >= 11 is 6.07. The lowest BCUT2D eigenvalue weighted by Gasteiger charge is -2.35. The molecule has 0 bridgehead atoms. The molecule has 0 fully saturated rings. The van der Waals surface area contributed by atoms with E-state index in [4.69, 9.17) is 21.1 Å². The van der Waals surface area contributed by atoms with Gasteiger partial charge in [-0.15, -0.1) is 11.6 Å². The van der Waals surface area contributed by atoms with E-state index in [1.165, 1.54) is 0 Å². The van der Waals surface area contributed by atoms with Gasteiger partial charge in [-0.1, -0.05) is 0 Å². The lowest BCUT2D eigenvalue weighted by Crippen LogP contribution is -2.43. The Bertz CT molecular complexity index is 658. The molecule has 0 aliphatic carbocycles. The van der Waals surface area contributed by atoms with E-state index >= 15 is 0 Å². The van der Waals surface area contributed by atoms with Gasteiger partial charge in [0.15, 0.2) is 11.5 Å². The van der Waals surface area contributed by atoms with Crippen LogP contribution in [0, 0.1) is 0 Å². The number of nitrogens with zero attached hydrogens (tertiary/aromatic N) is 2. The quantitative estimate of drug-likeness (QED) is 0.812. The monoisotopic (exact) mass is 292 g/mol. The van der Waals surface area contributed by atoms with E-state index in [0.29, 0.717) is 5.88 Å². The Morgan fingerprint density at radius 2 is 2.00 bits per heavy atom. The van der Waals surface area contributed by atoms with Crippen molar-refractivity contribution < 1.29 is 9.47 Å². The summed E-state index contributed by atoms with van der Waals surface area (Å²) in [6.07, 6.45) is 1.81. The van der Waals surface area contributed by atoms with Crippen LogP contribution in [0.2, 0.25) is 0 Å². The van der Waals surface area contributed by atoms with Crippen molar-refractivity contribution in [2.75, 3.05) is 24.6 Å². The van der Waals surface area contributed by atoms with Gasteiger partial charge in [-0.2, -0.15) is 0 Å². The molecular weight excluding hydrogens is 276 g/mol. The fraction of sp³-hybridized carbons (Fsp3) is 0.400. The van der Waals surface area contributed by atoms with Crippen molar-refractivity contribution in [2.24, 2.45) is 0 Å². The second-order valence-corrected chi connectivity index (χ2v) is 5.83. The first-order chi connectivity index (χ1) is 9.53. The van der Waals surface area contributed by atoms with Crippen LogP contribution in [0.15, 0.2) is 24.4 Å². The molecule has 0 radical (unpaired) electrons. The highest BCUT2D eigenvalue weighted by Gasteiger charge is 2.26. The van der Waals surface area contributed by atoms with Crippen molar-refractivity contribution >= 4 is 28.2 Å². The van der Waals surface area contributed by atoms with E-state index < -0.39 is 0 Å². The van der Waals surface area contributed by atoms with E-state index in [-0.39, 0.29) is 12.3 Å². The Balaban J connectivity index is 2.16. The minimum absolute atomic E-state index is 0.181. The van der Waals surface area contributed by atoms with Crippen molar-refractivity contribution in [2.45, 2.75) is 19.4 Å². The Hall–Kier alpha value is -1.68. The zero-order valence-electron chi connectivity index (χ0n) is 11.8. The largest absolute Gasteiger partial charge is 0.454 e. The van der Waals surface area contributed by atoms with E-state index in [2.05, 4.69) is 23.7 Å². The SMILES string of the molecule is CN(c1nccc2cc3c(cc12)OCO3)C(C)(C)CCl. The standard InChI is InChI=1S/C15H17ClN2O2/c1-15(2,8-16)18(3)14-11-7-13-12(19-9-20-13)6-10(11)4-5-17-14/h4-7H,8-9H2,1-3H3. The fourth-order valence-corrected chi connectivity index (χ4v) is 2.37. The maximum Gasteiger partial charge on any atom is 0.231 e. The number of hydrogen-bond donors (Lipinski definition) is 0. The number of rotatable bonds is 3. The van der Waals surface area contributed by atoms with Crippen LogP contribution in [0.4, 0.5) is 5.82 Å². The molecule has 0 atom stereocenters. The van der Waals surface area contributed by atoms with Crippen molar-refractivity contribution in [1.29, 1.82) is 0 Å². The fourth-order valence-electron chi connectivity index (χ4n) is 2.19. The third kappa shape index (κ3) is 2.04. The highest BCUT2D eigenvalue weighted by molar-refractivity contribution is 6.18. The molecule has 1 aliphatic heterocycles. The maximum absolute atomic E-state index is 6.07. The predicted octanol–water partition coefficient (Wildman–Crippen LogP) is 3.42. The van der Waals surface area contributed by atoms with Crippen molar-refractivity contribution in [3.8, 4) is 11.5 Å². The topological polar surface area (TPSA) is 34.6 Å². The predicted molar refractivity (Wildman–Crippen MR) is 81.1 cm³/mol. The number of alkyl halides is 1. The smallest absolute Gasteiger partial charge is 0.231 e. The first-order valence-corrected chi connectivity index (χ1v) is 7.04. The van der Waals surface area contributed by atoms with Gasteiger partial charge in [-0.05, 0) is 37.4 Å². The lowest BCUT2D eigenvalue weighted by molar-refractivity contribution is 0.174. The molecule has 2 aromatic rings. The zero-order chi connectivity index (χ0) is 14.3. The second kappa shape index (κ2) is 4.70. The van der Waals surface area contributed by atoms with Gasteiger partial charge in [0.1, 0.15) is 5.82 Å². The van der Waals surface area contributed by atoms with Crippen LogP contribution in [0.25, 0.3) is 10.8 Å². The molecule has 0 unspecified atom stereocenters. The Morgan fingerprint density at radius 3 is 2.70 bits per heavy atom. The van der Waals surface area contributed by atoms with Gasteiger partial charge in [-0.3, -0.25) is 0 Å². The molecule has 5 heteroatoms. The van der Waals surface area contributed by atoms with Crippen molar-refractivity contribution in [3.05, 3.63) is 24.4 Å². The molecule has 1 aromatic carbocycles. The molecule has 1 aromatic heterocycles. The first kappa shape index (κ1) is 13.3. The Labute approximate surface area is 123 Å². The van der Waals surface area contributed by atoms with Crippen LogP contribution in [0.3, 0.4) is 0 Å². The highest BCUT2D eigenvalue weighted by Crippen LogP contribution is 2.39. The Morgan fingerprint density at radius 1 is 1.30 bits per heavy atom. The van der Waals surface area contributed by atoms with Gasteiger partial charge in [0.2, 0.25) is 6.79 Å². The third-order valence-electron chi connectivity index (χ3n) is 3.79. The minimum Gasteiger partial charge on any atom is -0.454 e. The van der Waals surface area contributed by atoms with Crippen LogP contribution >= 0.6 is 11.6 Å². The van der Waals surface area contributed by atoms with E-state index in [9.17, 15) is 0 Å². The second-order valence-electron chi connectivity index (χ2n) is 5.57. The van der Waals surface area contributed by atoms with Crippen molar-refractivity contribution in [1.82, 2.24) is 4.98 Å². The third-order valence-corrected chi connectivity index (χ3v) is 4.44. The molecule has 0 saturated heterocycles. The number of fused-ring (bicyclic) bond motifs is 2. The first-order valence-electron chi connectivity index (χ1n) is 6.51. The summed E-state index contributed by atoms with van der Waals surface area (Å²) in [5, 5.41) is 2.12. The van der Waals surface area contributed by atoms with Gasteiger partial charge < -0.3 is 14.4 Å². The Kier molecular flexibility index (Phi) is 3.13. The summed E-state index contributed by atoms with van der Waals surface area (Å²) in [7, 11) is 2.01. The average Bonchev–Trinajstić information content (AvgIpc) is 2.90. The van der Waals surface area contributed by atoms with Crippen LogP contribution in [-0.4, -0.2) is 30.2 Å². The molecule has 0 N–H and O–H groups in total. The normalized spacial score (nSPS) is 13.8. The lowest BCUT2D eigenvalue weighted by atomic mass is 10.0. The van der Waals surface area contributed by atoms with Gasteiger partial charge in [0.25, 0.3) is 0 Å². The van der Waals surface area contributed by atoms with Gasteiger partial charge >= 0.3 is 0 Å². The summed E-state index contributed by atoms with van der Waals surface area (Å²) in [5.41, 5.74) is -0.181. The molecule has 20 heavy (non-hydrogen) atoms. The van der Waals surface area contributed by atoms with E-state index in [1.54, 1.807) is 6.20 Å². The molecule has 106 valence electrons. The van der Waals surface area contributed by atoms with Crippen LogP contribution < -0.4 is 14.4 Å². The number of halogens is 1. The molecule has 1 aliphatic rings. The van der Waals surface area contributed by atoms with E-state index in [0.717, 1.165) is 28.1 Å². The average molecular weight is 293 g/mol. The summed E-state index contributed by atoms with van der Waals surface area (Å²) < 4.78 is 10.9. The summed E-state index contributed by atoms with van der Waals surface area (Å²) in [5.74, 6) is 2.97. The number of hydrogen-bond acceptors (Lipinski definition) is 4. The number of aromatic nitrogens is 1. The highest BCUT2D eigenvalue weighted by atomic mass is 35.5. The van der Waals surface area contributed by atoms with Crippen LogP contribution in [0.5, 0.6) is 11.5 Å². The zero-order valence-corrected chi connectivity index (χ0v) is 12.6. The maximum atomic E-state index is 6.07. The summed E-state index contributed by atoms with van der Waals surface area (Å²) in [6, 6.07) is 5.95. The minimum atomic E-state index is -0.181. The van der Waals surface area contributed by atoms with E-state index in [1.807, 2.05) is 25.2 Å². The molecule has 0 amide bonds. The molecule has 0 spiro atoms. The molecule has 0 saturated carbocycles. The van der Waals surface area contributed by atoms with Crippen molar-refractivity contribution in [3.63, 3.8) is 0 Å². The molecular formula is C15H17ClN2O2. The number of benzene rings is 1. The summed E-state index contributed by atoms with van der Waals surface area (Å²) in [6.45, 7) is 4.46. The van der Waals surface area contributed by atoms with Crippen LogP contribution in [0.1, 0.15) is 13.8 Å². The number of pyridine rings is 1.